The highest BCUT2D eigenvalue weighted by molar-refractivity contribution is 7.89. The molecule has 0 aliphatic rings. The SMILES string of the molecule is CCCCOCCNS(=O)(=O)c1cc(N)ccc1OC. The molecule has 0 unspecified atom stereocenters. The van der Waals surface area contributed by atoms with Crippen LogP contribution in [0.2, 0.25) is 0 Å². The second kappa shape index (κ2) is 8.08. The van der Waals surface area contributed by atoms with Gasteiger partial charge in [-0.2, -0.15) is 0 Å². The molecule has 1 aromatic rings. The maximum atomic E-state index is 12.2. The molecule has 20 heavy (non-hydrogen) atoms. The van der Waals surface area contributed by atoms with Crippen molar-refractivity contribution >= 4 is 15.7 Å². The van der Waals surface area contributed by atoms with Crippen LogP contribution in [0.15, 0.2) is 23.1 Å². The van der Waals surface area contributed by atoms with Crippen LogP contribution in [0.3, 0.4) is 0 Å². The zero-order valence-corrected chi connectivity index (χ0v) is 12.7. The molecule has 0 aliphatic carbocycles. The van der Waals surface area contributed by atoms with Crippen LogP contribution in [-0.4, -0.2) is 35.3 Å². The molecule has 1 aromatic carbocycles. The van der Waals surface area contributed by atoms with E-state index >= 15 is 0 Å². The Bertz CT molecular complexity index is 517. The monoisotopic (exact) mass is 302 g/mol. The summed E-state index contributed by atoms with van der Waals surface area (Å²) in [5.74, 6) is 0.263. The van der Waals surface area contributed by atoms with Crippen molar-refractivity contribution in [2.24, 2.45) is 0 Å². The van der Waals surface area contributed by atoms with Crippen molar-refractivity contribution in [2.75, 3.05) is 32.6 Å². The molecule has 0 aromatic heterocycles. The normalized spacial score (nSPS) is 11.5. The van der Waals surface area contributed by atoms with Crippen LogP contribution >= 0.6 is 0 Å². The van der Waals surface area contributed by atoms with Gasteiger partial charge < -0.3 is 15.2 Å². The Balaban J connectivity index is 2.62. The summed E-state index contributed by atoms with van der Waals surface area (Å²) >= 11 is 0. The Morgan fingerprint density at radius 3 is 2.70 bits per heavy atom. The van der Waals surface area contributed by atoms with Crippen molar-refractivity contribution in [1.29, 1.82) is 0 Å². The van der Waals surface area contributed by atoms with Gasteiger partial charge in [-0.15, -0.1) is 0 Å². The van der Waals surface area contributed by atoms with Crippen molar-refractivity contribution in [3.63, 3.8) is 0 Å². The summed E-state index contributed by atoms with van der Waals surface area (Å²) in [5.41, 5.74) is 5.98. The van der Waals surface area contributed by atoms with E-state index in [1.54, 1.807) is 6.07 Å². The lowest BCUT2D eigenvalue weighted by molar-refractivity contribution is 0.136. The lowest BCUT2D eigenvalue weighted by Crippen LogP contribution is -2.28. The average Bonchev–Trinajstić information content (AvgIpc) is 2.42. The summed E-state index contributed by atoms with van der Waals surface area (Å²) in [5, 5.41) is 0. The molecule has 0 amide bonds. The minimum atomic E-state index is -3.65. The molecule has 0 saturated heterocycles. The van der Waals surface area contributed by atoms with E-state index in [0.717, 1.165) is 12.8 Å². The van der Waals surface area contributed by atoms with Crippen molar-refractivity contribution in [1.82, 2.24) is 4.72 Å². The second-order valence-corrected chi connectivity index (χ2v) is 6.01. The third kappa shape index (κ3) is 4.99. The maximum absolute atomic E-state index is 12.2. The minimum absolute atomic E-state index is 0.0357. The van der Waals surface area contributed by atoms with Gasteiger partial charge >= 0.3 is 0 Å². The van der Waals surface area contributed by atoms with Crippen LogP contribution in [0, 0.1) is 0 Å². The first-order chi connectivity index (χ1) is 9.51. The summed E-state index contributed by atoms with van der Waals surface area (Å²) in [6.45, 7) is 3.26. The predicted octanol–water partition coefficient (Wildman–Crippen LogP) is 1.37. The molecule has 0 aliphatic heterocycles. The molecule has 7 heteroatoms. The molecule has 1 rings (SSSR count). The number of methoxy groups -OCH3 is 1. The van der Waals surface area contributed by atoms with Crippen LogP contribution in [0.25, 0.3) is 0 Å². The molecule has 114 valence electrons. The average molecular weight is 302 g/mol. The zero-order chi connectivity index (χ0) is 15.0. The molecule has 0 radical (unpaired) electrons. The number of benzene rings is 1. The first-order valence-electron chi connectivity index (χ1n) is 6.52. The van der Waals surface area contributed by atoms with Crippen LogP contribution in [0.1, 0.15) is 19.8 Å². The lowest BCUT2D eigenvalue weighted by atomic mass is 10.3. The van der Waals surface area contributed by atoms with E-state index in [1.165, 1.54) is 19.2 Å². The van der Waals surface area contributed by atoms with Crippen molar-refractivity contribution in [3.05, 3.63) is 18.2 Å². The molecule has 3 N–H and O–H groups in total. The molecular formula is C13H22N2O4S. The highest BCUT2D eigenvalue weighted by Gasteiger charge is 2.19. The van der Waals surface area contributed by atoms with Gasteiger partial charge in [0.25, 0.3) is 0 Å². The maximum Gasteiger partial charge on any atom is 0.244 e. The Labute approximate surface area is 120 Å². The minimum Gasteiger partial charge on any atom is -0.495 e. The number of nitrogens with one attached hydrogen (secondary N) is 1. The molecule has 0 heterocycles. The number of anilines is 1. The second-order valence-electron chi connectivity index (χ2n) is 4.27. The molecule has 6 nitrogen and oxygen atoms in total. The number of sulfonamides is 1. The number of hydrogen-bond donors (Lipinski definition) is 2. The first-order valence-corrected chi connectivity index (χ1v) is 8.00. The van der Waals surface area contributed by atoms with Gasteiger partial charge in [0.1, 0.15) is 10.6 Å². The van der Waals surface area contributed by atoms with Gasteiger partial charge in [0.2, 0.25) is 10.0 Å². The van der Waals surface area contributed by atoms with E-state index in [9.17, 15) is 8.42 Å². The predicted molar refractivity (Wildman–Crippen MR) is 78.3 cm³/mol. The number of nitrogens with two attached hydrogens (primary N) is 1. The highest BCUT2D eigenvalue weighted by Crippen LogP contribution is 2.25. The number of hydrogen-bond acceptors (Lipinski definition) is 5. The Hall–Kier alpha value is -1.31. The number of unbranched alkanes of at least 4 members (excludes halogenated alkanes) is 1. The van der Waals surface area contributed by atoms with E-state index < -0.39 is 10.0 Å². The lowest BCUT2D eigenvalue weighted by Gasteiger charge is -2.11. The van der Waals surface area contributed by atoms with Gasteiger partial charge in [-0.05, 0) is 24.6 Å². The Kier molecular flexibility index (Phi) is 6.77. The fraction of sp³-hybridized carbons (Fsp3) is 0.538. The van der Waals surface area contributed by atoms with Crippen LogP contribution in [0.4, 0.5) is 5.69 Å². The van der Waals surface area contributed by atoms with Gasteiger partial charge in [-0.25, -0.2) is 13.1 Å². The molecule has 0 fully saturated rings. The zero-order valence-electron chi connectivity index (χ0n) is 11.9. The van der Waals surface area contributed by atoms with E-state index in [-0.39, 0.29) is 17.2 Å². The fourth-order valence-electron chi connectivity index (χ4n) is 1.58. The summed E-state index contributed by atoms with van der Waals surface area (Å²) in [6, 6.07) is 4.49. The third-order valence-electron chi connectivity index (χ3n) is 2.66. The standard InChI is InChI=1S/C13H22N2O4S/c1-3-4-8-19-9-7-15-20(16,17)13-10-11(14)5-6-12(13)18-2/h5-6,10,15H,3-4,7-9,14H2,1-2H3. The highest BCUT2D eigenvalue weighted by atomic mass is 32.2. The Morgan fingerprint density at radius 2 is 2.05 bits per heavy atom. The van der Waals surface area contributed by atoms with Crippen LogP contribution in [-0.2, 0) is 14.8 Å². The third-order valence-corrected chi connectivity index (χ3v) is 4.14. The molecular weight excluding hydrogens is 280 g/mol. The largest absolute Gasteiger partial charge is 0.495 e. The number of rotatable bonds is 9. The first kappa shape index (κ1) is 16.7. The van der Waals surface area contributed by atoms with Gasteiger partial charge in [-0.1, -0.05) is 13.3 Å². The van der Waals surface area contributed by atoms with Gasteiger partial charge in [0.05, 0.1) is 13.7 Å². The van der Waals surface area contributed by atoms with E-state index in [4.69, 9.17) is 15.2 Å². The van der Waals surface area contributed by atoms with Gasteiger partial charge in [0, 0.05) is 18.8 Å². The van der Waals surface area contributed by atoms with Crippen LogP contribution in [0.5, 0.6) is 5.75 Å². The van der Waals surface area contributed by atoms with Crippen molar-refractivity contribution < 1.29 is 17.9 Å². The van der Waals surface area contributed by atoms with Crippen molar-refractivity contribution in [3.8, 4) is 5.75 Å². The summed E-state index contributed by atoms with van der Waals surface area (Å²) in [4.78, 5) is 0.0357. The van der Waals surface area contributed by atoms with Crippen LogP contribution < -0.4 is 15.2 Å². The smallest absolute Gasteiger partial charge is 0.244 e. The summed E-state index contributed by atoms with van der Waals surface area (Å²) in [6.07, 6.45) is 2.02. The van der Waals surface area contributed by atoms with Gasteiger partial charge in [-0.3, -0.25) is 0 Å². The summed E-state index contributed by atoms with van der Waals surface area (Å²) < 4.78 is 37.1. The van der Waals surface area contributed by atoms with E-state index in [0.29, 0.717) is 18.9 Å². The van der Waals surface area contributed by atoms with E-state index in [1.807, 2.05) is 0 Å². The van der Waals surface area contributed by atoms with E-state index in [2.05, 4.69) is 11.6 Å². The number of ether oxygens (including phenoxy) is 2. The molecule has 0 bridgehead atoms. The molecule has 0 atom stereocenters. The molecule has 0 saturated carbocycles. The van der Waals surface area contributed by atoms with Crippen molar-refractivity contribution in [2.45, 2.75) is 24.7 Å². The number of nitrogen functional groups attached to an aromatic ring is 1. The topological polar surface area (TPSA) is 90.7 Å². The summed E-state index contributed by atoms with van der Waals surface area (Å²) in [7, 11) is -2.24. The fourth-order valence-corrected chi connectivity index (χ4v) is 2.79. The quantitative estimate of drug-likeness (QED) is 0.531. The molecule has 0 spiro atoms. The van der Waals surface area contributed by atoms with Gasteiger partial charge in [0.15, 0.2) is 0 Å². The Morgan fingerprint density at radius 1 is 1.30 bits per heavy atom.